The highest BCUT2D eigenvalue weighted by atomic mass is 16.5. The number of aromatic amines is 1. The molecule has 1 aromatic heterocycles. The van der Waals surface area contributed by atoms with E-state index in [1.165, 1.54) is 54.5 Å². The number of nitrogens with zero attached hydrogens (tertiary/aromatic N) is 1. The van der Waals surface area contributed by atoms with Crippen molar-refractivity contribution in [3.63, 3.8) is 0 Å². The molecule has 1 aromatic carbocycles. The van der Waals surface area contributed by atoms with Crippen LogP contribution < -0.4 is 4.74 Å². The molecule has 2 saturated heterocycles. The van der Waals surface area contributed by atoms with E-state index < -0.39 is 0 Å². The number of hydrogen-bond donors (Lipinski definition) is 1. The van der Waals surface area contributed by atoms with Crippen molar-refractivity contribution < 1.29 is 4.74 Å². The predicted molar refractivity (Wildman–Crippen MR) is 93.2 cm³/mol. The second-order valence-corrected chi connectivity index (χ2v) is 7.75. The zero-order valence-electron chi connectivity index (χ0n) is 14.1. The molecule has 3 heteroatoms. The maximum atomic E-state index is 5.67. The minimum atomic E-state index is 0.696. The van der Waals surface area contributed by atoms with E-state index in [0.29, 0.717) is 5.92 Å². The molecule has 0 amide bonds. The summed E-state index contributed by atoms with van der Waals surface area (Å²) in [7, 11) is 1.79. The van der Waals surface area contributed by atoms with Crippen LogP contribution in [0.15, 0.2) is 18.2 Å². The molecular weight excluding hydrogens is 284 g/mol. The minimum absolute atomic E-state index is 0.696. The van der Waals surface area contributed by atoms with Gasteiger partial charge in [-0.15, -0.1) is 0 Å². The maximum Gasteiger partial charge on any atom is 0.128 e. The van der Waals surface area contributed by atoms with Crippen LogP contribution in [0.1, 0.15) is 43.4 Å². The average molecular weight is 310 g/mol. The molecule has 4 aliphatic rings. The summed E-state index contributed by atoms with van der Waals surface area (Å²) < 4.78 is 5.67. The molecule has 3 nitrogen and oxygen atoms in total. The van der Waals surface area contributed by atoms with Gasteiger partial charge in [0, 0.05) is 41.6 Å². The molecule has 1 saturated carbocycles. The summed E-state index contributed by atoms with van der Waals surface area (Å²) in [4.78, 5) is 6.62. The van der Waals surface area contributed by atoms with Crippen molar-refractivity contribution in [1.29, 1.82) is 0 Å². The predicted octanol–water partition coefficient (Wildman–Crippen LogP) is 3.94. The van der Waals surface area contributed by atoms with Gasteiger partial charge in [-0.2, -0.15) is 0 Å². The molecule has 3 aliphatic heterocycles. The van der Waals surface area contributed by atoms with Crippen LogP contribution >= 0.6 is 0 Å². The fourth-order valence-corrected chi connectivity index (χ4v) is 5.89. The fourth-order valence-electron chi connectivity index (χ4n) is 5.89. The van der Waals surface area contributed by atoms with Crippen LogP contribution in [0.25, 0.3) is 10.9 Å². The third-order valence-corrected chi connectivity index (χ3v) is 6.72. The van der Waals surface area contributed by atoms with Gasteiger partial charge in [-0.25, -0.2) is 0 Å². The van der Waals surface area contributed by atoms with Crippen molar-refractivity contribution in [3.8, 4) is 5.75 Å². The van der Waals surface area contributed by atoms with Gasteiger partial charge in [-0.1, -0.05) is 19.4 Å². The average Bonchev–Trinajstić information content (AvgIpc) is 2.93. The highest BCUT2D eigenvalue weighted by Gasteiger charge is 2.48. The Balaban J connectivity index is 1.70. The van der Waals surface area contributed by atoms with E-state index in [2.05, 4.69) is 35.0 Å². The number of aromatic nitrogens is 1. The quantitative estimate of drug-likeness (QED) is 0.910. The lowest BCUT2D eigenvalue weighted by Crippen LogP contribution is -2.56. The van der Waals surface area contributed by atoms with Crippen molar-refractivity contribution in [1.82, 2.24) is 9.88 Å². The molecule has 1 aliphatic carbocycles. The highest BCUT2D eigenvalue weighted by molar-refractivity contribution is 5.91. The van der Waals surface area contributed by atoms with Gasteiger partial charge in [0.1, 0.15) is 5.75 Å². The minimum Gasteiger partial charge on any atom is -0.496 e. The molecule has 122 valence electrons. The molecular formula is C20H26N2O. The highest BCUT2D eigenvalue weighted by Crippen LogP contribution is 2.51. The number of piperidine rings is 2. The van der Waals surface area contributed by atoms with Gasteiger partial charge < -0.3 is 9.72 Å². The normalized spacial score (nSPS) is 35.1. The van der Waals surface area contributed by atoms with Crippen LogP contribution in [0, 0.1) is 11.8 Å². The van der Waals surface area contributed by atoms with Crippen LogP contribution in [0.4, 0.5) is 0 Å². The summed E-state index contributed by atoms with van der Waals surface area (Å²) in [6.07, 6.45) is 5.31. The summed E-state index contributed by atoms with van der Waals surface area (Å²) in [5.74, 6) is 3.51. The summed E-state index contributed by atoms with van der Waals surface area (Å²) in [6.45, 7) is 4.93. The molecule has 1 N–H and O–H groups in total. The fraction of sp³-hybridized carbons (Fsp3) is 0.600. The first-order valence-electron chi connectivity index (χ1n) is 9.21. The third-order valence-electron chi connectivity index (χ3n) is 6.72. The van der Waals surface area contributed by atoms with Crippen molar-refractivity contribution >= 4 is 10.9 Å². The Hall–Kier alpha value is -1.48. The zero-order chi connectivity index (χ0) is 15.6. The lowest BCUT2D eigenvalue weighted by atomic mass is 9.65. The summed E-state index contributed by atoms with van der Waals surface area (Å²) in [6, 6.07) is 7.17. The first kappa shape index (κ1) is 13.9. The van der Waals surface area contributed by atoms with Gasteiger partial charge in [0.05, 0.1) is 7.11 Å². The number of hydrogen-bond acceptors (Lipinski definition) is 2. The molecule has 2 aromatic rings. The van der Waals surface area contributed by atoms with E-state index in [9.17, 15) is 0 Å². The molecule has 0 spiro atoms. The molecule has 0 radical (unpaired) electrons. The van der Waals surface area contributed by atoms with Crippen molar-refractivity contribution in [2.75, 3.05) is 20.2 Å². The van der Waals surface area contributed by atoms with Crippen LogP contribution in [-0.2, 0) is 6.42 Å². The maximum absolute atomic E-state index is 5.67. The van der Waals surface area contributed by atoms with E-state index in [1.807, 2.05) is 0 Å². The topological polar surface area (TPSA) is 28.3 Å². The zero-order valence-corrected chi connectivity index (χ0v) is 14.1. The first-order valence-corrected chi connectivity index (χ1v) is 9.21. The van der Waals surface area contributed by atoms with Gasteiger partial charge in [-0.05, 0) is 48.8 Å². The summed E-state index contributed by atoms with van der Waals surface area (Å²) in [5.41, 5.74) is 4.32. The van der Waals surface area contributed by atoms with Crippen molar-refractivity contribution in [3.05, 3.63) is 29.5 Å². The van der Waals surface area contributed by atoms with Crippen LogP contribution in [0.2, 0.25) is 0 Å². The largest absolute Gasteiger partial charge is 0.496 e. The Morgan fingerprint density at radius 1 is 1.30 bits per heavy atom. The van der Waals surface area contributed by atoms with E-state index in [4.69, 9.17) is 4.74 Å². The Labute approximate surface area is 138 Å². The Morgan fingerprint density at radius 2 is 2.22 bits per heavy atom. The second kappa shape index (κ2) is 5.01. The number of benzene rings is 1. The number of nitrogens with one attached hydrogen (secondary N) is 1. The number of ether oxygens (including phenoxy) is 1. The van der Waals surface area contributed by atoms with Crippen LogP contribution in [0.3, 0.4) is 0 Å². The Kier molecular flexibility index (Phi) is 3.03. The lowest BCUT2D eigenvalue weighted by molar-refractivity contribution is -0.0134. The molecule has 5 atom stereocenters. The Morgan fingerprint density at radius 3 is 3.04 bits per heavy atom. The molecule has 4 bridgehead atoms. The monoisotopic (exact) mass is 310 g/mol. The van der Waals surface area contributed by atoms with Gasteiger partial charge in [0.15, 0.2) is 0 Å². The number of H-pyrrole nitrogens is 1. The summed E-state index contributed by atoms with van der Waals surface area (Å²) >= 11 is 0. The number of rotatable bonds is 2. The number of methoxy groups -OCH3 is 1. The van der Waals surface area contributed by atoms with Gasteiger partial charge in [0.2, 0.25) is 0 Å². The Bertz CT molecular complexity index is 749. The van der Waals surface area contributed by atoms with Crippen LogP contribution in [-0.4, -0.2) is 36.1 Å². The van der Waals surface area contributed by atoms with Gasteiger partial charge in [-0.3, -0.25) is 4.90 Å². The standard InChI is InChI=1S/C20H26N2O/c1-3-13-9-12-10-15-19-14(7-8-22(11-12)20(13)15)18-16(21-19)5-4-6-17(18)23-2/h4-6,12-13,15,20-21H,3,7-11H2,1-2H3. The molecule has 23 heavy (non-hydrogen) atoms. The van der Waals surface area contributed by atoms with Crippen molar-refractivity contribution in [2.45, 2.75) is 44.6 Å². The lowest BCUT2D eigenvalue weighted by Gasteiger charge is -2.53. The van der Waals surface area contributed by atoms with Crippen LogP contribution in [0.5, 0.6) is 5.75 Å². The smallest absolute Gasteiger partial charge is 0.128 e. The van der Waals surface area contributed by atoms with Gasteiger partial charge >= 0.3 is 0 Å². The van der Waals surface area contributed by atoms with Gasteiger partial charge in [0.25, 0.3) is 0 Å². The molecule has 6 rings (SSSR count). The third kappa shape index (κ3) is 1.86. The second-order valence-electron chi connectivity index (χ2n) is 7.75. The molecule has 4 heterocycles. The molecule has 3 fully saturated rings. The van der Waals surface area contributed by atoms with Crippen molar-refractivity contribution in [2.24, 2.45) is 11.8 Å². The summed E-state index contributed by atoms with van der Waals surface area (Å²) in [5, 5.41) is 1.34. The van der Waals surface area contributed by atoms with E-state index >= 15 is 0 Å². The number of fused-ring (bicyclic) bond motifs is 4. The van der Waals surface area contributed by atoms with E-state index in [-0.39, 0.29) is 0 Å². The molecule has 5 unspecified atom stereocenters. The SMILES string of the molecule is CCC1CC2CC3c4[nH]c5cccc(OC)c5c4CCN(C2)C13. The van der Waals surface area contributed by atoms with E-state index in [1.54, 1.807) is 7.11 Å². The van der Waals surface area contributed by atoms with E-state index in [0.717, 1.165) is 30.0 Å². The first-order chi connectivity index (χ1) is 11.3.